The van der Waals surface area contributed by atoms with Crippen molar-refractivity contribution in [1.82, 2.24) is 4.90 Å². The molecule has 2 rings (SSSR count). The number of nitrogens with zero attached hydrogens (tertiary/aromatic N) is 1. The van der Waals surface area contributed by atoms with Crippen LogP contribution in [0.5, 0.6) is 5.75 Å². The molecule has 0 unspecified atom stereocenters. The SMILES string of the molecule is COc1ccccc1[C@@H](C)CC(=O)N1CCC[C@H](C(=O)O)C1. The van der Waals surface area contributed by atoms with Gasteiger partial charge in [-0.05, 0) is 30.4 Å². The molecule has 0 bridgehead atoms. The minimum absolute atomic E-state index is 0.0179. The molecule has 5 nitrogen and oxygen atoms in total. The van der Waals surface area contributed by atoms with Crippen LogP contribution in [0.25, 0.3) is 0 Å². The highest BCUT2D eigenvalue weighted by Gasteiger charge is 2.29. The van der Waals surface area contributed by atoms with Crippen LogP contribution in [0.3, 0.4) is 0 Å². The summed E-state index contributed by atoms with van der Waals surface area (Å²) in [5, 5.41) is 9.11. The maximum atomic E-state index is 12.4. The van der Waals surface area contributed by atoms with E-state index in [1.165, 1.54) is 0 Å². The van der Waals surface area contributed by atoms with Gasteiger partial charge in [-0.2, -0.15) is 0 Å². The van der Waals surface area contributed by atoms with Crippen molar-refractivity contribution >= 4 is 11.9 Å². The number of aliphatic carboxylic acids is 1. The second kappa shape index (κ2) is 7.29. The maximum absolute atomic E-state index is 12.4. The third-order valence-corrected chi connectivity index (χ3v) is 4.27. The summed E-state index contributed by atoms with van der Waals surface area (Å²) in [6.07, 6.45) is 1.78. The first-order valence-corrected chi connectivity index (χ1v) is 7.66. The van der Waals surface area contributed by atoms with E-state index in [1.54, 1.807) is 12.0 Å². The van der Waals surface area contributed by atoms with Crippen molar-refractivity contribution in [3.63, 3.8) is 0 Å². The number of hydrogen-bond acceptors (Lipinski definition) is 3. The number of carboxylic acid groups (broad SMARTS) is 1. The number of hydrogen-bond donors (Lipinski definition) is 1. The zero-order valence-corrected chi connectivity index (χ0v) is 13.1. The molecule has 1 saturated heterocycles. The van der Waals surface area contributed by atoms with Gasteiger partial charge >= 0.3 is 5.97 Å². The van der Waals surface area contributed by atoms with Crippen LogP contribution in [0.15, 0.2) is 24.3 Å². The number of rotatable bonds is 5. The number of carbonyl (C=O) groups is 2. The van der Waals surface area contributed by atoms with Crippen molar-refractivity contribution in [1.29, 1.82) is 0 Å². The highest BCUT2D eigenvalue weighted by molar-refractivity contribution is 5.78. The second-order valence-corrected chi connectivity index (χ2v) is 5.86. The van der Waals surface area contributed by atoms with Crippen LogP contribution in [0.2, 0.25) is 0 Å². The number of para-hydroxylation sites is 1. The first-order valence-electron chi connectivity index (χ1n) is 7.66. The molecule has 0 spiro atoms. The van der Waals surface area contributed by atoms with Gasteiger partial charge in [-0.25, -0.2) is 0 Å². The third-order valence-electron chi connectivity index (χ3n) is 4.27. The molecule has 5 heteroatoms. The van der Waals surface area contributed by atoms with Crippen LogP contribution in [-0.4, -0.2) is 42.1 Å². The molecular formula is C17H23NO4. The van der Waals surface area contributed by atoms with E-state index in [9.17, 15) is 9.59 Å². The minimum Gasteiger partial charge on any atom is -0.496 e. The molecule has 1 amide bonds. The Morgan fingerprint density at radius 2 is 2.14 bits per heavy atom. The number of likely N-dealkylation sites (tertiary alicyclic amines) is 1. The van der Waals surface area contributed by atoms with Crippen LogP contribution in [0.1, 0.15) is 37.7 Å². The van der Waals surface area contributed by atoms with Crippen LogP contribution >= 0.6 is 0 Å². The molecule has 0 saturated carbocycles. The zero-order chi connectivity index (χ0) is 16.1. The number of benzene rings is 1. The smallest absolute Gasteiger partial charge is 0.308 e. The van der Waals surface area contributed by atoms with Crippen LogP contribution in [-0.2, 0) is 9.59 Å². The van der Waals surface area contributed by atoms with Gasteiger partial charge in [0.05, 0.1) is 13.0 Å². The van der Waals surface area contributed by atoms with Gasteiger partial charge in [-0.1, -0.05) is 25.1 Å². The van der Waals surface area contributed by atoms with E-state index in [1.807, 2.05) is 31.2 Å². The molecular weight excluding hydrogens is 282 g/mol. The molecule has 22 heavy (non-hydrogen) atoms. The van der Waals surface area contributed by atoms with E-state index in [4.69, 9.17) is 9.84 Å². The summed E-state index contributed by atoms with van der Waals surface area (Å²) in [5.74, 6) is -0.405. The number of amides is 1. The molecule has 120 valence electrons. The van der Waals surface area contributed by atoms with Crippen molar-refractivity contribution in [2.75, 3.05) is 20.2 Å². The summed E-state index contributed by atoms with van der Waals surface area (Å²) in [6.45, 7) is 2.97. The quantitative estimate of drug-likeness (QED) is 0.907. The van der Waals surface area contributed by atoms with Gasteiger partial charge < -0.3 is 14.7 Å². The van der Waals surface area contributed by atoms with E-state index >= 15 is 0 Å². The lowest BCUT2D eigenvalue weighted by Gasteiger charge is -2.31. The van der Waals surface area contributed by atoms with Gasteiger partial charge in [0.15, 0.2) is 0 Å². The van der Waals surface area contributed by atoms with Gasteiger partial charge in [-0.3, -0.25) is 9.59 Å². The van der Waals surface area contributed by atoms with Crippen molar-refractivity contribution in [3.05, 3.63) is 29.8 Å². The fourth-order valence-electron chi connectivity index (χ4n) is 2.98. The maximum Gasteiger partial charge on any atom is 0.308 e. The summed E-state index contributed by atoms with van der Waals surface area (Å²) >= 11 is 0. The highest BCUT2D eigenvalue weighted by atomic mass is 16.5. The Kier molecular flexibility index (Phi) is 5.41. The Morgan fingerprint density at radius 1 is 1.41 bits per heavy atom. The van der Waals surface area contributed by atoms with Crippen molar-refractivity contribution in [3.8, 4) is 5.75 Å². The highest BCUT2D eigenvalue weighted by Crippen LogP contribution is 2.29. The Balaban J connectivity index is 2.00. The average molecular weight is 305 g/mol. The predicted molar refractivity (Wildman–Crippen MR) is 83.0 cm³/mol. The summed E-state index contributed by atoms with van der Waals surface area (Å²) < 4.78 is 5.34. The summed E-state index contributed by atoms with van der Waals surface area (Å²) in [7, 11) is 1.62. The third kappa shape index (κ3) is 3.78. The van der Waals surface area contributed by atoms with E-state index in [0.29, 0.717) is 25.9 Å². The fraction of sp³-hybridized carbons (Fsp3) is 0.529. The normalized spacial score (nSPS) is 19.5. The second-order valence-electron chi connectivity index (χ2n) is 5.86. The van der Waals surface area contributed by atoms with Crippen LogP contribution in [0.4, 0.5) is 0 Å². The lowest BCUT2D eigenvalue weighted by molar-refractivity contribution is -0.145. The van der Waals surface area contributed by atoms with Crippen molar-refractivity contribution < 1.29 is 19.4 Å². The molecule has 1 aliphatic rings. The summed E-state index contributed by atoms with van der Waals surface area (Å²) in [6, 6.07) is 7.68. The molecule has 0 aromatic heterocycles. The van der Waals surface area contributed by atoms with E-state index in [-0.39, 0.29) is 11.8 Å². The first kappa shape index (κ1) is 16.3. The van der Waals surface area contributed by atoms with E-state index < -0.39 is 11.9 Å². The predicted octanol–water partition coefficient (Wildman–Crippen LogP) is 2.51. The number of carboxylic acids is 1. The first-order chi connectivity index (χ1) is 10.5. The minimum atomic E-state index is -0.810. The number of ether oxygens (including phenoxy) is 1. The topological polar surface area (TPSA) is 66.8 Å². The van der Waals surface area contributed by atoms with Crippen LogP contribution in [0, 0.1) is 5.92 Å². The van der Waals surface area contributed by atoms with E-state index in [2.05, 4.69) is 0 Å². The Morgan fingerprint density at radius 3 is 2.82 bits per heavy atom. The largest absolute Gasteiger partial charge is 0.496 e. The molecule has 0 aliphatic carbocycles. The fourth-order valence-corrected chi connectivity index (χ4v) is 2.98. The van der Waals surface area contributed by atoms with Gasteiger partial charge in [0.1, 0.15) is 5.75 Å². The average Bonchev–Trinajstić information content (AvgIpc) is 2.54. The summed E-state index contributed by atoms with van der Waals surface area (Å²) in [4.78, 5) is 25.2. The lowest BCUT2D eigenvalue weighted by atomic mass is 9.94. The Bertz CT molecular complexity index is 543. The zero-order valence-electron chi connectivity index (χ0n) is 13.1. The van der Waals surface area contributed by atoms with Crippen LogP contribution < -0.4 is 4.74 Å². The Labute approximate surface area is 130 Å². The molecule has 1 heterocycles. The van der Waals surface area contributed by atoms with Gasteiger partial charge in [0.2, 0.25) is 5.91 Å². The number of piperidine rings is 1. The molecule has 1 aliphatic heterocycles. The van der Waals surface area contributed by atoms with Crippen molar-refractivity contribution in [2.45, 2.75) is 32.1 Å². The lowest BCUT2D eigenvalue weighted by Crippen LogP contribution is -2.42. The molecule has 0 radical (unpaired) electrons. The van der Waals surface area contributed by atoms with Gasteiger partial charge in [-0.15, -0.1) is 0 Å². The molecule has 1 aromatic rings. The number of carbonyl (C=O) groups excluding carboxylic acids is 1. The summed E-state index contributed by atoms with van der Waals surface area (Å²) in [5.41, 5.74) is 1.00. The Hall–Kier alpha value is -2.04. The van der Waals surface area contributed by atoms with E-state index in [0.717, 1.165) is 17.7 Å². The molecule has 1 aromatic carbocycles. The molecule has 1 N–H and O–H groups in total. The monoisotopic (exact) mass is 305 g/mol. The van der Waals surface area contributed by atoms with Crippen molar-refractivity contribution in [2.24, 2.45) is 5.92 Å². The number of methoxy groups -OCH3 is 1. The van der Waals surface area contributed by atoms with Gasteiger partial charge in [0, 0.05) is 19.5 Å². The van der Waals surface area contributed by atoms with Gasteiger partial charge in [0.25, 0.3) is 0 Å². The standard InChI is InChI=1S/C17H23NO4/c1-12(14-7-3-4-8-15(14)22-2)10-16(19)18-9-5-6-13(11-18)17(20)21/h3-4,7-8,12-13H,5-6,9-11H2,1-2H3,(H,20,21)/t12-,13-/m0/s1. The molecule has 1 fully saturated rings. The molecule has 2 atom stereocenters.